The van der Waals surface area contributed by atoms with Gasteiger partial charge in [0.05, 0.1) is 18.7 Å². The fourth-order valence-electron chi connectivity index (χ4n) is 4.84. The number of nitrogens with zero attached hydrogens (tertiary/aromatic N) is 3. The van der Waals surface area contributed by atoms with Crippen molar-refractivity contribution in [3.8, 4) is 16.9 Å². The van der Waals surface area contributed by atoms with Crippen molar-refractivity contribution in [3.63, 3.8) is 0 Å². The van der Waals surface area contributed by atoms with E-state index in [-0.39, 0.29) is 5.91 Å². The van der Waals surface area contributed by atoms with E-state index in [4.69, 9.17) is 4.74 Å². The van der Waals surface area contributed by atoms with E-state index < -0.39 is 5.41 Å². The highest BCUT2D eigenvalue weighted by Crippen LogP contribution is 2.35. The molecule has 1 amide bonds. The van der Waals surface area contributed by atoms with Gasteiger partial charge in [0, 0.05) is 38.9 Å². The van der Waals surface area contributed by atoms with Gasteiger partial charge in [-0.05, 0) is 54.6 Å². The number of rotatable bonds is 7. The molecule has 2 aromatic carbocycles. The van der Waals surface area contributed by atoms with E-state index in [1.807, 2.05) is 36.3 Å². The van der Waals surface area contributed by atoms with Gasteiger partial charge < -0.3 is 10.1 Å². The minimum Gasteiger partial charge on any atom is -0.497 e. The van der Waals surface area contributed by atoms with Crippen molar-refractivity contribution >= 4 is 5.91 Å². The highest BCUT2D eigenvalue weighted by Gasteiger charge is 2.41. The number of carbonyl (C=O) groups excluding carboxylic acids is 1. The number of aromatic nitrogens is 2. The van der Waals surface area contributed by atoms with Crippen LogP contribution in [-0.4, -0.2) is 47.8 Å². The molecule has 0 saturated carbocycles. The number of amides is 1. The lowest BCUT2D eigenvalue weighted by Crippen LogP contribution is -2.52. The second kappa shape index (κ2) is 9.57. The van der Waals surface area contributed by atoms with Crippen molar-refractivity contribution < 1.29 is 9.53 Å². The van der Waals surface area contributed by atoms with Crippen molar-refractivity contribution in [2.75, 3.05) is 27.2 Å². The number of piperidine rings is 1. The van der Waals surface area contributed by atoms with Crippen LogP contribution in [0.25, 0.3) is 11.1 Å². The maximum absolute atomic E-state index is 13.1. The van der Waals surface area contributed by atoms with Crippen molar-refractivity contribution in [2.45, 2.75) is 25.8 Å². The third kappa shape index (κ3) is 4.86. The molecule has 4 rings (SSSR count). The van der Waals surface area contributed by atoms with Crippen molar-refractivity contribution in [3.05, 3.63) is 72.1 Å². The Morgan fingerprint density at radius 2 is 1.78 bits per heavy atom. The number of methoxy groups -OCH3 is 1. The summed E-state index contributed by atoms with van der Waals surface area (Å²) in [7, 11) is 5.36. The number of nitrogens with one attached hydrogen (secondary N) is 1. The second-order valence-corrected chi connectivity index (χ2v) is 8.80. The third-order valence-corrected chi connectivity index (χ3v) is 6.45. The third-order valence-electron chi connectivity index (χ3n) is 6.45. The fraction of sp³-hybridized carbons (Fsp3) is 0.385. The van der Waals surface area contributed by atoms with E-state index >= 15 is 0 Å². The Kier molecular flexibility index (Phi) is 6.61. The molecule has 1 N–H and O–H groups in total. The topological polar surface area (TPSA) is 59.4 Å². The van der Waals surface area contributed by atoms with Crippen LogP contribution in [-0.2, 0) is 24.8 Å². The molecule has 1 unspecified atom stereocenters. The van der Waals surface area contributed by atoms with Gasteiger partial charge in [0.15, 0.2) is 0 Å². The Labute approximate surface area is 190 Å². The molecule has 3 aromatic rings. The average Bonchev–Trinajstić information content (AvgIpc) is 3.23. The van der Waals surface area contributed by atoms with Crippen LogP contribution in [0.3, 0.4) is 0 Å². The highest BCUT2D eigenvalue weighted by molar-refractivity contribution is 5.83. The molecule has 0 radical (unpaired) electrons. The van der Waals surface area contributed by atoms with Crippen LogP contribution in [0.4, 0.5) is 0 Å². The van der Waals surface area contributed by atoms with E-state index in [0.717, 1.165) is 55.8 Å². The van der Waals surface area contributed by atoms with Gasteiger partial charge in [-0.25, -0.2) is 0 Å². The first-order chi connectivity index (χ1) is 15.5. The Balaban J connectivity index is 1.51. The van der Waals surface area contributed by atoms with Gasteiger partial charge in [-0.3, -0.25) is 14.4 Å². The summed E-state index contributed by atoms with van der Waals surface area (Å²) in [4.78, 5) is 15.5. The zero-order valence-electron chi connectivity index (χ0n) is 19.2. The minimum absolute atomic E-state index is 0.132. The highest BCUT2D eigenvalue weighted by atomic mass is 16.5. The molecule has 1 aliphatic rings. The molecule has 0 spiro atoms. The summed E-state index contributed by atoms with van der Waals surface area (Å²) in [5, 5.41) is 7.22. The molecule has 1 saturated heterocycles. The number of aryl methyl sites for hydroxylation is 1. The van der Waals surface area contributed by atoms with Gasteiger partial charge >= 0.3 is 0 Å². The molecule has 6 heteroatoms. The SMILES string of the molecule is CNC(=O)C1(Cc2ccc(-c3ccc(OC)cc3)cc2)CCCN(Cc2cnn(C)c2)C1. The number of ether oxygens (including phenoxy) is 1. The van der Waals surface area contributed by atoms with Crippen LogP contribution in [0, 0.1) is 5.41 Å². The quantitative estimate of drug-likeness (QED) is 0.619. The van der Waals surface area contributed by atoms with Crippen LogP contribution in [0.2, 0.25) is 0 Å². The van der Waals surface area contributed by atoms with E-state index in [9.17, 15) is 4.79 Å². The molecule has 168 valence electrons. The second-order valence-electron chi connectivity index (χ2n) is 8.80. The first-order valence-corrected chi connectivity index (χ1v) is 11.2. The summed E-state index contributed by atoms with van der Waals surface area (Å²) < 4.78 is 7.08. The summed E-state index contributed by atoms with van der Waals surface area (Å²) in [5.41, 5.74) is 4.26. The standard InChI is InChI=1S/C26H32N4O2/c1-27-25(31)26(13-4-14-30(19-26)18-21-16-28-29(2)17-21)15-20-5-7-22(8-6-20)23-9-11-24(32-3)12-10-23/h5-12,16-17H,4,13-15,18-19H2,1-3H3,(H,27,31). The van der Waals surface area contributed by atoms with Crippen molar-refractivity contribution in [1.29, 1.82) is 0 Å². The summed E-state index contributed by atoms with van der Waals surface area (Å²) >= 11 is 0. The van der Waals surface area contributed by atoms with Gasteiger partial charge in [0.1, 0.15) is 5.75 Å². The smallest absolute Gasteiger partial charge is 0.227 e. The van der Waals surface area contributed by atoms with Crippen LogP contribution in [0.1, 0.15) is 24.0 Å². The molecule has 1 aromatic heterocycles. The number of likely N-dealkylation sites (tertiary alicyclic amines) is 1. The number of benzene rings is 2. The van der Waals surface area contributed by atoms with Gasteiger partial charge in [0.2, 0.25) is 5.91 Å². The lowest BCUT2D eigenvalue weighted by molar-refractivity contribution is -0.134. The maximum Gasteiger partial charge on any atom is 0.227 e. The van der Waals surface area contributed by atoms with Crippen LogP contribution >= 0.6 is 0 Å². The van der Waals surface area contributed by atoms with Crippen molar-refractivity contribution in [1.82, 2.24) is 20.0 Å². The molecule has 1 aliphatic heterocycles. The molecule has 6 nitrogen and oxygen atoms in total. The summed E-state index contributed by atoms with van der Waals surface area (Å²) in [6.07, 6.45) is 6.61. The molecule has 1 atom stereocenters. The predicted octanol–water partition coefficient (Wildman–Crippen LogP) is 3.67. The summed E-state index contributed by atoms with van der Waals surface area (Å²) in [6.45, 7) is 2.58. The molecule has 32 heavy (non-hydrogen) atoms. The van der Waals surface area contributed by atoms with Gasteiger partial charge in [-0.15, -0.1) is 0 Å². The van der Waals surface area contributed by atoms with Crippen LogP contribution in [0.15, 0.2) is 60.9 Å². The van der Waals surface area contributed by atoms with Gasteiger partial charge in [-0.1, -0.05) is 36.4 Å². The fourth-order valence-corrected chi connectivity index (χ4v) is 4.84. The Hall–Kier alpha value is -3.12. The largest absolute Gasteiger partial charge is 0.497 e. The van der Waals surface area contributed by atoms with E-state index in [2.05, 4.69) is 51.7 Å². The van der Waals surface area contributed by atoms with Gasteiger partial charge in [0.25, 0.3) is 0 Å². The number of carbonyl (C=O) groups is 1. The molecule has 0 bridgehead atoms. The first-order valence-electron chi connectivity index (χ1n) is 11.2. The lowest BCUT2D eigenvalue weighted by Gasteiger charge is -2.41. The summed E-state index contributed by atoms with van der Waals surface area (Å²) in [5.74, 6) is 0.985. The normalized spacial score (nSPS) is 19.0. The lowest BCUT2D eigenvalue weighted by atomic mass is 9.74. The predicted molar refractivity (Wildman–Crippen MR) is 126 cm³/mol. The van der Waals surface area contributed by atoms with E-state index in [1.54, 1.807) is 14.2 Å². The zero-order valence-corrected chi connectivity index (χ0v) is 19.2. The number of hydrogen-bond acceptors (Lipinski definition) is 4. The van der Waals surface area contributed by atoms with Crippen molar-refractivity contribution in [2.24, 2.45) is 12.5 Å². The van der Waals surface area contributed by atoms with E-state index in [1.165, 1.54) is 11.1 Å². The minimum atomic E-state index is -0.420. The Bertz CT molecular complexity index is 1040. The monoisotopic (exact) mass is 432 g/mol. The molecule has 1 fully saturated rings. The number of hydrogen-bond donors (Lipinski definition) is 1. The molecule has 0 aliphatic carbocycles. The summed E-state index contributed by atoms with van der Waals surface area (Å²) in [6, 6.07) is 16.7. The van der Waals surface area contributed by atoms with Crippen LogP contribution in [0.5, 0.6) is 5.75 Å². The molecular weight excluding hydrogens is 400 g/mol. The Morgan fingerprint density at radius 1 is 1.09 bits per heavy atom. The maximum atomic E-state index is 13.1. The van der Waals surface area contributed by atoms with Crippen LogP contribution < -0.4 is 10.1 Å². The van der Waals surface area contributed by atoms with Gasteiger partial charge in [-0.2, -0.15) is 5.10 Å². The average molecular weight is 433 g/mol. The zero-order chi connectivity index (χ0) is 22.6. The molecular formula is C26H32N4O2. The Morgan fingerprint density at radius 3 is 2.38 bits per heavy atom. The first kappa shape index (κ1) is 22.1. The molecule has 2 heterocycles. The van der Waals surface area contributed by atoms with E-state index in [0.29, 0.717) is 0 Å².